The maximum absolute atomic E-state index is 12.8. The normalized spacial score (nSPS) is 16.2. The predicted molar refractivity (Wildman–Crippen MR) is 118 cm³/mol. The van der Waals surface area contributed by atoms with Crippen LogP contribution in [-0.4, -0.2) is 40.9 Å². The zero-order valence-electron chi connectivity index (χ0n) is 16.0. The van der Waals surface area contributed by atoms with Gasteiger partial charge in [0, 0.05) is 37.1 Å². The van der Waals surface area contributed by atoms with E-state index in [-0.39, 0.29) is 17.9 Å². The summed E-state index contributed by atoms with van der Waals surface area (Å²) in [6, 6.07) is 10.2. The highest BCUT2D eigenvalue weighted by molar-refractivity contribution is 7.12. The number of hydrogen-bond donors (Lipinski definition) is 2. The predicted octanol–water partition coefficient (Wildman–Crippen LogP) is 3.84. The highest BCUT2D eigenvalue weighted by Crippen LogP contribution is 2.25. The van der Waals surface area contributed by atoms with Crippen LogP contribution >= 0.6 is 22.9 Å². The van der Waals surface area contributed by atoms with E-state index >= 15 is 0 Å². The molecule has 0 radical (unpaired) electrons. The van der Waals surface area contributed by atoms with Crippen LogP contribution < -0.4 is 15.5 Å². The molecular weight excluding hydrogens is 422 g/mol. The van der Waals surface area contributed by atoms with E-state index in [9.17, 15) is 9.59 Å². The summed E-state index contributed by atoms with van der Waals surface area (Å²) in [6.07, 6.45) is 5.24. The number of halogens is 1. The van der Waals surface area contributed by atoms with Crippen molar-refractivity contribution in [1.82, 2.24) is 15.3 Å². The van der Waals surface area contributed by atoms with Gasteiger partial charge in [-0.25, -0.2) is 9.97 Å². The molecule has 3 heterocycles. The minimum atomic E-state index is -0.254. The Balaban J connectivity index is 1.42. The minimum Gasteiger partial charge on any atom is -0.348 e. The van der Waals surface area contributed by atoms with Crippen molar-refractivity contribution in [2.24, 2.45) is 0 Å². The molecule has 3 aromatic rings. The number of nitrogens with one attached hydrogen (secondary N) is 2. The monoisotopic (exact) mass is 441 g/mol. The summed E-state index contributed by atoms with van der Waals surface area (Å²) in [6.45, 7) is 1.50. The van der Waals surface area contributed by atoms with Gasteiger partial charge in [0.2, 0.25) is 5.95 Å². The van der Waals surface area contributed by atoms with Gasteiger partial charge in [-0.15, -0.1) is 11.3 Å². The molecule has 0 saturated carbocycles. The zero-order valence-corrected chi connectivity index (χ0v) is 17.6. The molecule has 1 aliphatic rings. The van der Waals surface area contributed by atoms with Crippen LogP contribution in [0, 0.1) is 0 Å². The maximum Gasteiger partial charge on any atom is 0.265 e. The van der Waals surface area contributed by atoms with Crippen LogP contribution in [0.3, 0.4) is 0 Å². The number of thiophene rings is 1. The van der Waals surface area contributed by atoms with Gasteiger partial charge in [0.25, 0.3) is 11.8 Å². The first-order valence-electron chi connectivity index (χ1n) is 9.57. The third-order valence-corrected chi connectivity index (χ3v) is 6.01. The number of amides is 2. The van der Waals surface area contributed by atoms with Gasteiger partial charge in [-0.2, -0.15) is 0 Å². The molecule has 0 aliphatic carbocycles. The first-order chi connectivity index (χ1) is 14.6. The number of hydrogen-bond acceptors (Lipinski definition) is 6. The van der Waals surface area contributed by atoms with Crippen LogP contribution in [0.25, 0.3) is 0 Å². The van der Waals surface area contributed by atoms with Crippen LogP contribution in [0.4, 0.5) is 11.6 Å². The quantitative estimate of drug-likeness (QED) is 0.628. The number of carbonyl (C=O) groups is 2. The molecule has 0 spiro atoms. The fourth-order valence-corrected chi connectivity index (χ4v) is 4.14. The second-order valence-electron chi connectivity index (χ2n) is 6.93. The maximum atomic E-state index is 12.8. The second-order valence-corrected chi connectivity index (χ2v) is 8.29. The van der Waals surface area contributed by atoms with E-state index in [0.29, 0.717) is 33.6 Å². The number of nitrogens with zero attached hydrogens (tertiary/aromatic N) is 3. The summed E-state index contributed by atoms with van der Waals surface area (Å²) in [7, 11) is 0. The van der Waals surface area contributed by atoms with Gasteiger partial charge in [-0.3, -0.25) is 9.59 Å². The van der Waals surface area contributed by atoms with Crippen molar-refractivity contribution in [2.75, 3.05) is 23.3 Å². The molecule has 1 aliphatic heterocycles. The molecule has 1 aromatic carbocycles. The average Bonchev–Trinajstić information content (AvgIpc) is 3.31. The molecule has 1 atom stereocenters. The highest BCUT2D eigenvalue weighted by Gasteiger charge is 2.23. The molecule has 2 N–H and O–H groups in total. The van der Waals surface area contributed by atoms with Crippen molar-refractivity contribution < 1.29 is 9.59 Å². The van der Waals surface area contributed by atoms with Crippen molar-refractivity contribution >= 4 is 46.4 Å². The Morgan fingerprint density at radius 3 is 2.73 bits per heavy atom. The largest absolute Gasteiger partial charge is 0.348 e. The van der Waals surface area contributed by atoms with Crippen molar-refractivity contribution in [2.45, 2.75) is 18.9 Å². The van der Waals surface area contributed by atoms with Crippen molar-refractivity contribution in [3.63, 3.8) is 0 Å². The molecule has 1 fully saturated rings. The van der Waals surface area contributed by atoms with E-state index in [2.05, 4.69) is 25.5 Å². The summed E-state index contributed by atoms with van der Waals surface area (Å²) in [5, 5.41) is 8.05. The van der Waals surface area contributed by atoms with E-state index < -0.39 is 0 Å². The van der Waals surface area contributed by atoms with Crippen molar-refractivity contribution in [1.29, 1.82) is 0 Å². The van der Waals surface area contributed by atoms with Gasteiger partial charge in [0.05, 0.1) is 15.6 Å². The van der Waals surface area contributed by atoms with E-state index in [0.717, 1.165) is 19.4 Å². The summed E-state index contributed by atoms with van der Waals surface area (Å²) in [4.78, 5) is 36.4. The molecule has 2 amide bonds. The number of rotatable bonds is 5. The first kappa shape index (κ1) is 20.3. The lowest BCUT2D eigenvalue weighted by molar-refractivity contribution is 0.0932. The summed E-state index contributed by atoms with van der Waals surface area (Å²) >= 11 is 7.56. The molecule has 154 valence electrons. The number of anilines is 2. The van der Waals surface area contributed by atoms with Crippen LogP contribution in [0.1, 0.15) is 32.9 Å². The summed E-state index contributed by atoms with van der Waals surface area (Å²) in [5.41, 5.74) is 0.847. The molecule has 9 heteroatoms. The summed E-state index contributed by atoms with van der Waals surface area (Å²) < 4.78 is 0. The van der Waals surface area contributed by atoms with E-state index in [1.807, 2.05) is 5.38 Å². The third kappa shape index (κ3) is 4.77. The van der Waals surface area contributed by atoms with Gasteiger partial charge in [-0.05, 0) is 48.6 Å². The number of piperidine rings is 1. The van der Waals surface area contributed by atoms with Crippen LogP contribution in [-0.2, 0) is 0 Å². The third-order valence-electron chi connectivity index (χ3n) is 4.81. The van der Waals surface area contributed by atoms with E-state index in [4.69, 9.17) is 11.6 Å². The molecule has 2 aromatic heterocycles. The Labute approximate surface area is 183 Å². The van der Waals surface area contributed by atoms with Crippen LogP contribution in [0.15, 0.2) is 54.2 Å². The summed E-state index contributed by atoms with van der Waals surface area (Å²) in [5.74, 6) is 0.205. The van der Waals surface area contributed by atoms with Gasteiger partial charge < -0.3 is 15.5 Å². The Hall–Kier alpha value is -2.97. The van der Waals surface area contributed by atoms with E-state index in [1.54, 1.807) is 48.8 Å². The van der Waals surface area contributed by atoms with Gasteiger partial charge in [-0.1, -0.05) is 17.7 Å². The zero-order chi connectivity index (χ0) is 20.9. The molecule has 1 unspecified atom stereocenters. The van der Waals surface area contributed by atoms with Crippen LogP contribution in [0.2, 0.25) is 5.02 Å². The highest BCUT2D eigenvalue weighted by atomic mass is 35.5. The molecule has 7 nitrogen and oxygen atoms in total. The lowest BCUT2D eigenvalue weighted by Gasteiger charge is -2.33. The van der Waals surface area contributed by atoms with Crippen molar-refractivity contribution in [3.05, 3.63) is 69.6 Å². The lowest BCUT2D eigenvalue weighted by atomic mass is 10.1. The molecule has 4 rings (SSSR count). The first-order valence-corrected chi connectivity index (χ1v) is 10.8. The fraction of sp³-hybridized carbons (Fsp3) is 0.238. The smallest absolute Gasteiger partial charge is 0.265 e. The van der Waals surface area contributed by atoms with Gasteiger partial charge in [0.1, 0.15) is 0 Å². The number of carbonyl (C=O) groups excluding carboxylic acids is 2. The second kappa shape index (κ2) is 9.23. The molecular formula is C21H20ClN5O2S. The van der Waals surface area contributed by atoms with Gasteiger partial charge in [0.15, 0.2) is 0 Å². The van der Waals surface area contributed by atoms with Crippen LogP contribution in [0.5, 0.6) is 0 Å². The van der Waals surface area contributed by atoms with Gasteiger partial charge >= 0.3 is 0 Å². The standard InChI is InChI=1S/C21H20ClN5O2S/c22-16-7-6-14(12-17(16)26-20(29)18-5-2-11-30-18)19(28)25-15-4-1-10-27(13-15)21-23-8-3-9-24-21/h2-3,5-9,11-12,15H,1,4,10,13H2,(H,25,28)(H,26,29). The number of aromatic nitrogens is 2. The molecule has 0 bridgehead atoms. The number of benzene rings is 1. The molecule has 30 heavy (non-hydrogen) atoms. The lowest BCUT2D eigenvalue weighted by Crippen LogP contribution is -2.48. The average molecular weight is 442 g/mol. The van der Waals surface area contributed by atoms with Crippen molar-refractivity contribution in [3.8, 4) is 0 Å². The molecule has 1 saturated heterocycles. The fourth-order valence-electron chi connectivity index (χ4n) is 3.35. The SMILES string of the molecule is O=C(NC1CCCN(c2ncccn2)C1)c1ccc(Cl)c(NC(=O)c2cccs2)c1. The Kier molecular flexibility index (Phi) is 6.25. The topological polar surface area (TPSA) is 87.2 Å². The Morgan fingerprint density at radius 1 is 1.13 bits per heavy atom. The Morgan fingerprint density at radius 2 is 1.97 bits per heavy atom. The Bertz CT molecular complexity index is 1030. The minimum absolute atomic E-state index is 0.0186. The van der Waals surface area contributed by atoms with E-state index in [1.165, 1.54) is 11.3 Å².